The highest BCUT2D eigenvalue weighted by Crippen LogP contribution is 2.27. The first-order chi connectivity index (χ1) is 9.45. The molecule has 0 amide bonds. The van der Waals surface area contributed by atoms with Crippen molar-refractivity contribution in [2.45, 2.75) is 24.7 Å². The van der Waals surface area contributed by atoms with E-state index in [1.807, 2.05) is 0 Å². The lowest BCUT2D eigenvalue weighted by atomic mass is 9.81. The van der Waals surface area contributed by atoms with Crippen LogP contribution in [0.2, 0.25) is 0 Å². The average molecular weight is 335 g/mol. The van der Waals surface area contributed by atoms with E-state index in [0.717, 1.165) is 25.9 Å². The third-order valence-electron chi connectivity index (χ3n) is 3.87. The molecule has 1 aromatic rings. The molecule has 21 heavy (non-hydrogen) atoms. The fourth-order valence-corrected chi connectivity index (χ4v) is 3.51. The number of halogens is 1. The van der Waals surface area contributed by atoms with Gasteiger partial charge in [0.2, 0.25) is 10.0 Å². The van der Waals surface area contributed by atoms with Gasteiger partial charge >= 0.3 is 0 Å². The molecule has 7 heteroatoms. The van der Waals surface area contributed by atoms with Gasteiger partial charge < -0.3 is 10.1 Å². The summed E-state index contributed by atoms with van der Waals surface area (Å²) in [5.41, 5.74) is 0.0325. The number of sulfonamides is 1. The molecule has 0 radical (unpaired) electrons. The molecule has 1 aliphatic heterocycles. The van der Waals surface area contributed by atoms with Crippen LogP contribution in [0.4, 0.5) is 0 Å². The van der Waals surface area contributed by atoms with Crippen molar-refractivity contribution in [1.82, 2.24) is 10.0 Å². The average Bonchev–Trinajstić information content (AvgIpc) is 2.46. The number of rotatable bonds is 5. The molecule has 0 atom stereocenters. The number of methoxy groups -OCH3 is 1. The molecule has 2 N–H and O–H groups in total. The standard InChI is InChI=1S/C14H22N2O3S.ClH/c1-14(7-9-15-10-8-14)11-16-20(17,18)13-5-3-12(19-2)4-6-13;/h3-6,15-16H,7-11H2,1-2H3;1H. The minimum atomic E-state index is -3.45. The van der Waals surface area contributed by atoms with Gasteiger partial charge in [0.25, 0.3) is 0 Å². The number of hydrogen-bond donors (Lipinski definition) is 2. The van der Waals surface area contributed by atoms with E-state index >= 15 is 0 Å². The molecule has 0 bridgehead atoms. The summed E-state index contributed by atoms with van der Waals surface area (Å²) in [4.78, 5) is 0.274. The predicted octanol–water partition coefficient (Wildman–Crippen LogP) is 1.78. The number of ether oxygens (including phenoxy) is 1. The molecule has 2 rings (SSSR count). The second-order valence-corrected chi connectivity index (χ2v) is 7.33. The van der Waals surface area contributed by atoms with Crippen LogP contribution in [-0.2, 0) is 10.0 Å². The van der Waals surface area contributed by atoms with Crippen LogP contribution in [0.25, 0.3) is 0 Å². The van der Waals surface area contributed by atoms with E-state index in [1.165, 1.54) is 0 Å². The van der Waals surface area contributed by atoms with E-state index in [1.54, 1.807) is 31.4 Å². The van der Waals surface area contributed by atoms with Crippen molar-refractivity contribution < 1.29 is 13.2 Å². The first-order valence-electron chi connectivity index (χ1n) is 6.80. The van der Waals surface area contributed by atoms with Crippen molar-refractivity contribution in [2.75, 3.05) is 26.7 Å². The number of hydrogen-bond acceptors (Lipinski definition) is 4. The molecule has 0 saturated carbocycles. The van der Waals surface area contributed by atoms with Gasteiger partial charge in [-0.05, 0) is 55.6 Å². The zero-order valence-corrected chi connectivity index (χ0v) is 14.0. The summed E-state index contributed by atoms with van der Waals surface area (Å²) >= 11 is 0. The Labute approximate surface area is 132 Å². The molecular formula is C14H23ClN2O3S. The van der Waals surface area contributed by atoms with Crippen LogP contribution in [0, 0.1) is 5.41 Å². The van der Waals surface area contributed by atoms with E-state index < -0.39 is 10.0 Å². The summed E-state index contributed by atoms with van der Waals surface area (Å²) in [5, 5.41) is 3.29. The third-order valence-corrected chi connectivity index (χ3v) is 5.29. The van der Waals surface area contributed by atoms with E-state index in [-0.39, 0.29) is 22.7 Å². The van der Waals surface area contributed by atoms with Gasteiger partial charge in [-0.15, -0.1) is 12.4 Å². The normalized spacial score (nSPS) is 17.8. The van der Waals surface area contributed by atoms with Gasteiger partial charge in [-0.3, -0.25) is 0 Å². The minimum Gasteiger partial charge on any atom is -0.497 e. The fraction of sp³-hybridized carbons (Fsp3) is 0.571. The monoisotopic (exact) mass is 334 g/mol. The Bertz CT molecular complexity index is 540. The summed E-state index contributed by atoms with van der Waals surface area (Å²) in [7, 11) is -1.89. The zero-order valence-electron chi connectivity index (χ0n) is 12.4. The second-order valence-electron chi connectivity index (χ2n) is 5.56. The van der Waals surface area contributed by atoms with Crippen LogP contribution in [0.3, 0.4) is 0 Å². The van der Waals surface area contributed by atoms with Gasteiger partial charge in [0, 0.05) is 6.54 Å². The smallest absolute Gasteiger partial charge is 0.240 e. The number of nitrogens with one attached hydrogen (secondary N) is 2. The molecule has 0 spiro atoms. The topological polar surface area (TPSA) is 67.4 Å². The van der Waals surface area contributed by atoms with Gasteiger partial charge in [0.05, 0.1) is 12.0 Å². The van der Waals surface area contributed by atoms with Crippen LogP contribution < -0.4 is 14.8 Å². The Morgan fingerprint density at radius 3 is 2.33 bits per heavy atom. The van der Waals surface area contributed by atoms with Crippen molar-refractivity contribution in [2.24, 2.45) is 5.41 Å². The summed E-state index contributed by atoms with van der Waals surface area (Å²) < 4.78 is 32.3. The van der Waals surface area contributed by atoms with Crippen LogP contribution >= 0.6 is 12.4 Å². The van der Waals surface area contributed by atoms with Crippen LogP contribution in [0.1, 0.15) is 19.8 Å². The Hall–Kier alpha value is -0.820. The summed E-state index contributed by atoms with van der Waals surface area (Å²) in [6.45, 7) is 4.49. The molecule has 0 unspecified atom stereocenters. The highest BCUT2D eigenvalue weighted by Gasteiger charge is 2.28. The maximum absolute atomic E-state index is 12.2. The Morgan fingerprint density at radius 1 is 1.24 bits per heavy atom. The third kappa shape index (κ3) is 4.85. The molecule has 0 aliphatic carbocycles. The SMILES string of the molecule is COc1ccc(S(=O)(=O)NCC2(C)CCNCC2)cc1.Cl. The van der Waals surface area contributed by atoms with Crippen LogP contribution in [0.5, 0.6) is 5.75 Å². The van der Waals surface area contributed by atoms with Crippen LogP contribution in [0.15, 0.2) is 29.2 Å². The molecule has 0 aromatic heterocycles. The van der Waals surface area contributed by atoms with Gasteiger partial charge in [-0.25, -0.2) is 13.1 Å². The largest absolute Gasteiger partial charge is 0.497 e. The molecule has 1 aliphatic rings. The Morgan fingerprint density at radius 2 is 1.81 bits per heavy atom. The molecular weight excluding hydrogens is 312 g/mol. The van der Waals surface area contributed by atoms with Crippen molar-refractivity contribution in [3.8, 4) is 5.75 Å². The van der Waals surface area contributed by atoms with E-state index in [9.17, 15) is 8.42 Å². The van der Waals surface area contributed by atoms with Crippen molar-refractivity contribution in [3.05, 3.63) is 24.3 Å². The molecule has 1 heterocycles. The predicted molar refractivity (Wildman–Crippen MR) is 85.6 cm³/mol. The lowest BCUT2D eigenvalue weighted by molar-refractivity contribution is 0.232. The van der Waals surface area contributed by atoms with E-state index in [0.29, 0.717) is 12.3 Å². The van der Waals surface area contributed by atoms with Gasteiger partial charge in [0.1, 0.15) is 5.75 Å². The first-order valence-corrected chi connectivity index (χ1v) is 8.28. The van der Waals surface area contributed by atoms with Crippen LogP contribution in [-0.4, -0.2) is 35.2 Å². The Balaban J connectivity index is 0.00000220. The molecule has 5 nitrogen and oxygen atoms in total. The zero-order chi connectivity index (χ0) is 14.6. The fourth-order valence-electron chi connectivity index (χ4n) is 2.31. The van der Waals surface area contributed by atoms with E-state index in [4.69, 9.17) is 4.74 Å². The lowest BCUT2D eigenvalue weighted by Crippen LogP contribution is -2.42. The highest BCUT2D eigenvalue weighted by molar-refractivity contribution is 7.89. The minimum absolute atomic E-state index is 0. The van der Waals surface area contributed by atoms with E-state index in [2.05, 4.69) is 17.0 Å². The Kier molecular flexibility index (Phi) is 6.46. The maximum Gasteiger partial charge on any atom is 0.240 e. The number of piperidine rings is 1. The van der Waals surface area contributed by atoms with Crippen molar-refractivity contribution in [1.29, 1.82) is 0 Å². The summed E-state index contributed by atoms with van der Waals surface area (Å²) in [6, 6.07) is 6.43. The lowest BCUT2D eigenvalue weighted by Gasteiger charge is -2.34. The van der Waals surface area contributed by atoms with Gasteiger partial charge in [-0.1, -0.05) is 6.92 Å². The second kappa shape index (κ2) is 7.45. The summed E-state index contributed by atoms with van der Waals surface area (Å²) in [6.07, 6.45) is 1.97. The highest BCUT2D eigenvalue weighted by atomic mass is 35.5. The molecule has 120 valence electrons. The van der Waals surface area contributed by atoms with Crippen molar-refractivity contribution in [3.63, 3.8) is 0 Å². The molecule has 1 fully saturated rings. The molecule has 1 aromatic carbocycles. The maximum atomic E-state index is 12.2. The number of benzene rings is 1. The molecule has 1 saturated heterocycles. The van der Waals surface area contributed by atoms with Gasteiger partial charge in [-0.2, -0.15) is 0 Å². The quantitative estimate of drug-likeness (QED) is 0.861. The van der Waals surface area contributed by atoms with Crippen molar-refractivity contribution >= 4 is 22.4 Å². The first kappa shape index (κ1) is 18.2. The van der Waals surface area contributed by atoms with Gasteiger partial charge in [0.15, 0.2) is 0 Å². The summed E-state index contributed by atoms with van der Waals surface area (Å²) in [5.74, 6) is 0.647.